The van der Waals surface area contributed by atoms with E-state index in [9.17, 15) is 9.59 Å². The van der Waals surface area contributed by atoms with E-state index in [2.05, 4.69) is 5.32 Å². The number of nitrogens with one attached hydrogen (secondary N) is 1. The van der Waals surface area contributed by atoms with Crippen molar-refractivity contribution >= 4 is 11.7 Å². The molecule has 0 radical (unpaired) electrons. The number of Topliss-reactive ketones (excluding diaryl/α,β-unsaturated/α-hetero) is 1. The Morgan fingerprint density at radius 3 is 2.40 bits per heavy atom. The molecule has 4 nitrogen and oxygen atoms in total. The first-order valence-corrected chi connectivity index (χ1v) is 7.04. The second-order valence-corrected chi connectivity index (χ2v) is 5.26. The van der Waals surface area contributed by atoms with Crippen molar-refractivity contribution in [3.05, 3.63) is 35.4 Å². The minimum Gasteiger partial charge on any atom is -0.353 e. The first-order chi connectivity index (χ1) is 9.43. The maximum atomic E-state index is 12.3. The van der Waals surface area contributed by atoms with Crippen molar-refractivity contribution in [1.82, 2.24) is 10.2 Å². The van der Waals surface area contributed by atoms with Crippen molar-refractivity contribution < 1.29 is 9.59 Å². The van der Waals surface area contributed by atoms with Crippen LogP contribution in [0.4, 0.5) is 0 Å². The predicted molar refractivity (Wildman–Crippen MR) is 80.9 cm³/mol. The summed E-state index contributed by atoms with van der Waals surface area (Å²) in [4.78, 5) is 25.9. The van der Waals surface area contributed by atoms with Crippen molar-refractivity contribution in [1.29, 1.82) is 0 Å². The molecule has 0 heterocycles. The van der Waals surface area contributed by atoms with Gasteiger partial charge in [0, 0.05) is 11.6 Å². The molecule has 0 unspecified atom stereocenters. The Morgan fingerprint density at radius 2 is 1.85 bits per heavy atom. The lowest BCUT2D eigenvalue weighted by Gasteiger charge is -2.20. The van der Waals surface area contributed by atoms with Gasteiger partial charge < -0.3 is 5.32 Å². The number of ketones is 1. The van der Waals surface area contributed by atoms with Crippen molar-refractivity contribution in [3.63, 3.8) is 0 Å². The zero-order valence-corrected chi connectivity index (χ0v) is 12.8. The highest BCUT2D eigenvalue weighted by atomic mass is 16.2. The van der Waals surface area contributed by atoms with Crippen LogP contribution in [0.2, 0.25) is 0 Å². The number of benzene rings is 1. The second kappa shape index (κ2) is 7.80. The molecule has 0 aliphatic carbocycles. The standard InChI is InChI=1S/C16H24N2O2/c1-5-18(11-16(20)17-12(2)3)10-15(19)14-9-7-6-8-13(14)4/h6-9,12H,5,10-11H2,1-4H3,(H,17,20). The Balaban J connectivity index is 2.62. The summed E-state index contributed by atoms with van der Waals surface area (Å²) >= 11 is 0. The highest BCUT2D eigenvalue weighted by Gasteiger charge is 2.15. The van der Waals surface area contributed by atoms with Crippen molar-refractivity contribution in [2.75, 3.05) is 19.6 Å². The molecular formula is C16H24N2O2. The summed E-state index contributed by atoms with van der Waals surface area (Å²) in [5.74, 6) is 0.0155. The Kier molecular flexibility index (Phi) is 6.39. The van der Waals surface area contributed by atoms with Gasteiger partial charge in [0.1, 0.15) is 0 Å². The average Bonchev–Trinajstić information content (AvgIpc) is 2.37. The molecule has 0 atom stereocenters. The van der Waals surface area contributed by atoms with Gasteiger partial charge in [-0.3, -0.25) is 14.5 Å². The van der Waals surface area contributed by atoms with Crippen LogP contribution in [0.3, 0.4) is 0 Å². The largest absolute Gasteiger partial charge is 0.353 e. The number of carbonyl (C=O) groups is 2. The van der Waals surface area contributed by atoms with Gasteiger partial charge in [0.2, 0.25) is 5.91 Å². The Bertz CT molecular complexity index is 469. The Hall–Kier alpha value is -1.68. The molecular weight excluding hydrogens is 252 g/mol. The number of likely N-dealkylation sites (N-methyl/N-ethyl adjacent to an activating group) is 1. The van der Waals surface area contributed by atoms with E-state index >= 15 is 0 Å². The number of aryl methyl sites for hydroxylation is 1. The summed E-state index contributed by atoms with van der Waals surface area (Å²) < 4.78 is 0. The molecule has 110 valence electrons. The molecule has 4 heteroatoms. The molecule has 0 saturated carbocycles. The number of hydrogen-bond donors (Lipinski definition) is 1. The predicted octanol–water partition coefficient (Wildman–Crippen LogP) is 2.02. The molecule has 0 spiro atoms. The number of amides is 1. The number of hydrogen-bond acceptors (Lipinski definition) is 3. The first kappa shape index (κ1) is 16.4. The maximum absolute atomic E-state index is 12.3. The molecule has 0 saturated heterocycles. The lowest BCUT2D eigenvalue weighted by Crippen LogP contribution is -2.42. The van der Waals surface area contributed by atoms with E-state index in [1.54, 1.807) is 0 Å². The van der Waals surface area contributed by atoms with Crippen LogP contribution in [-0.4, -0.2) is 42.3 Å². The SMILES string of the molecule is CCN(CC(=O)NC(C)C)CC(=O)c1ccccc1C. The minimum atomic E-state index is -0.0422. The van der Waals surface area contributed by atoms with Crippen molar-refractivity contribution in [2.45, 2.75) is 33.7 Å². The fourth-order valence-electron chi connectivity index (χ4n) is 2.02. The number of carbonyl (C=O) groups excluding carboxylic acids is 2. The molecule has 1 aromatic carbocycles. The van der Waals surface area contributed by atoms with Crippen LogP contribution in [-0.2, 0) is 4.79 Å². The summed E-state index contributed by atoms with van der Waals surface area (Å²) in [6.07, 6.45) is 0. The lowest BCUT2D eigenvalue weighted by atomic mass is 10.0. The van der Waals surface area contributed by atoms with Crippen LogP contribution >= 0.6 is 0 Å². The van der Waals surface area contributed by atoms with Crippen LogP contribution in [0, 0.1) is 6.92 Å². The minimum absolute atomic E-state index is 0.0422. The highest BCUT2D eigenvalue weighted by Crippen LogP contribution is 2.08. The highest BCUT2D eigenvalue weighted by molar-refractivity contribution is 5.99. The molecule has 0 aliphatic rings. The van der Waals surface area contributed by atoms with Crippen LogP contribution in [0.25, 0.3) is 0 Å². The molecule has 20 heavy (non-hydrogen) atoms. The van der Waals surface area contributed by atoms with E-state index < -0.39 is 0 Å². The van der Waals surface area contributed by atoms with E-state index in [-0.39, 0.29) is 30.8 Å². The molecule has 0 fully saturated rings. The van der Waals surface area contributed by atoms with E-state index in [0.717, 1.165) is 11.1 Å². The molecule has 0 aromatic heterocycles. The van der Waals surface area contributed by atoms with Crippen LogP contribution < -0.4 is 5.32 Å². The summed E-state index contributed by atoms with van der Waals surface area (Å²) in [5, 5.41) is 2.84. The molecule has 1 amide bonds. The Labute approximate surface area is 121 Å². The third kappa shape index (κ3) is 5.13. The van der Waals surface area contributed by atoms with Crippen LogP contribution in [0.15, 0.2) is 24.3 Å². The van der Waals surface area contributed by atoms with Gasteiger partial charge in [-0.1, -0.05) is 31.2 Å². The van der Waals surface area contributed by atoms with E-state index in [1.807, 2.05) is 56.9 Å². The topological polar surface area (TPSA) is 49.4 Å². The van der Waals surface area contributed by atoms with Gasteiger partial charge in [-0.2, -0.15) is 0 Å². The van der Waals surface area contributed by atoms with E-state index in [0.29, 0.717) is 6.54 Å². The van der Waals surface area contributed by atoms with E-state index in [1.165, 1.54) is 0 Å². The van der Waals surface area contributed by atoms with Gasteiger partial charge in [0.05, 0.1) is 13.1 Å². The molecule has 1 rings (SSSR count). The zero-order valence-electron chi connectivity index (χ0n) is 12.8. The lowest BCUT2D eigenvalue weighted by molar-refractivity contribution is -0.122. The van der Waals surface area contributed by atoms with Gasteiger partial charge in [0.15, 0.2) is 5.78 Å². The van der Waals surface area contributed by atoms with Crippen LogP contribution in [0.5, 0.6) is 0 Å². The summed E-state index contributed by atoms with van der Waals surface area (Å²) in [5.41, 5.74) is 1.70. The Morgan fingerprint density at radius 1 is 1.20 bits per heavy atom. The first-order valence-electron chi connectivity index (χ1n) is 7.04. The van der Waals surface area contributed by atoms with Gasteiger partial charge >= 0.3 is 0 Å². The quantitative estimate of drug-likeness (QED) is 0.775. The normalized spacial score (nSPS) is 10.9. The van der Waals surface area contributed by atoms with E-state index in [4.69, 9.17) is 0 Å². The van der Waals surface area contributed by atoms with Crippen molar-refractivity contribution in [2.24, 2.45) is 0 Å². The zero-order chi connectivity index (χ0) is 15.1. The second-order valence-electron chi connectivity index (χ2n) is 5.26. The number of nitrogens with zero attached hydrogens (tertiary/aromatic N) is 1. The third-order valence-corrected chi connectivity index (χ3v) is 3.08. The van der Waals surface area contributed by atoms with Crippen LogP contribution in [0.1, 0.15) is 36.7 Å². The summed E-state index contributed by atoms with van der Waals surface area (Å²) in [7, 11) is 0. The number of rotatable bonds is 7. The van der Waals surface area contributed by atoms with Gasteiger partial charge in [-0.05, 0) is 32.9 Å². The summed E-state index contributed by atoms with van der Waals surface area (Å²) in [6.45, 7) is 8.92. The van der Waals surface area contributed by atoms with Gasteiger partial charge in [0.25, 0.3) is 0 Å². The van der Waals surface area contributed by atoms with Gasteiger partial charge in [-0.25, -0.2) is 0 Å². The van der Waals surface area contributed by atoms with Crippen molar-refractivity contribution in [3.8, 4) is 0 Å². The molecule has 0 aliphatic heterocycles. The fraction of sp³-hybridized carbons (Fsp3) is 0.500. The maximum Gasteiger partial charge on any atom is 0.234 e. The fourth-order valence-corrected chi connectivity index (χ4v) is 2.02. The monoisotopic (exact) mass is 276 g/mol. The average molecular weight is 276 g/mol. The molecule has 1 N–H and O–H groups in total. The molecule has 0 bridgehead atoms. The molecule has 1 aromatic rings. The summed E-state index contributed by atoms with van der Waals surface area (Å²) in [6, 6.07) is 7.66. The third-order valence-electron chi connectivity index (χ3n) is 3.08. The smallest absolute Gasteiger partial charge is 0.234 e. The van der Waals surface area contributed by atoms with Gasteiger partial charge in [-0.15, -0.1) is 0 Å².